The number of fused-ring (bicyclic) bond motifs is 1. The van der Waals surface area contributed by atoms with Gasteiger partial charge < -0.3 is 15.3 Å². The molecule has 0 aromatic heterocycles. The van der Waals surface area contributed by atoms with Gasteiger partial charge in [-0.1, -0.05) is 12.1 Å². The summed E-state index contributed by atoms with van der Waals surface area (Å²) >= 11 is 0. The van der Waals surface area contributed by atoms with E-state index in [9.17, 15) is 19.5 Å². The number of benzene rings is 2. The highest BCUT2D eigenvalue weighted by Gasteiger charge is 2.29. The third-order valence-corrected chi connectivity index (χ3v) is 5.08. The smallest absolute Gasteiger partial charge is 0.313 e. The molecule has 0 saturated carbocycles. The summed E-state index contributed by atoms with van der Waals surface area (Å²) in [6.07, 6.45) is 1.06. The molecule has 6 nitrogen and oxygen atoms in total. The maximum Gasteiger partial charge on any atom is 0.313 e. The molecular formula is C21H22N2O4. The van der Waals surface area contributed by atoms with E-state index < -0.39 is 11.4 Å². The zero-order chi connectivity index (χ0) is 19.8. The molecule has 27 heavy (non-hydrogen) atoms. The number of anilines is 2. The minimum Gasteiger partial charge on any atom is -0.481 e. The van der Waals surface area contributed by atoms with Gasteiger partial charge in [0.2, 0.25) is 5.91 Å². The lowest BCUT2D eigenvalue weighted by Crippen LogP contribution is -2.31. The molecule has 2 amide bonds. The summed E-state index contributed by atoms with van der Waals surface area (Å²) in [7, 11) is 1.74. The van der Waals surface area contributed by atoms with Crippen LogP contribution < -0.4 is 10.2 Å². The summed E-state index contributed by atoms with van der Waals surface area (Å²) in [4.78, 5) is 37.3. The fraction of sp³-hybridized carbons (Fsp3) is 0.286. The molecule has 3 rings (SSSR count). The number of carbonyl (C=O) groups is 3. The minimum atomic E-state index is -0.996. The van der Waals surface area contributed by atoms with Crippen molar-refractivity contribution in [1.29, 1.82) is 0 Å². The lowest BCUT2D eigenvalue weighted by molar-refractivity contribution is -0.142. The molecule has 0 spiro atoms. The molecule has 0 aliphatic carbocycles. The van der Waals surface area contributed by atoms with E-state index in [0.717, 1.165) is 11.3 Å². The summed E-state index contributed by atoms with van der Waals surface area (Å²) in [5, 5.41) is 12.1. The SMILES string of the molecule is CN1C(=O)CCc2cc(C(=O)Nc3ccc(C(C)(C)C(=O)O)cc3)ccc21. The van der Waals surface area contributed by atoms with Gasteiger partial charge in [0, 0.05) is 30.4 Å². The normalized spacial score (nSPS) is 13.9. The Kier molecular flexibility index (Phi) is 4.74. The number of carbonyl (C=O) groups excluding carboxylic acids is 2. The van der Waals surface area contributed by atoms with Crippen LogP contribution >= 0.6 is 0 Å². The van der Waals surface area contributed by atoms with Crippen LogP contribution in [0.5, 0.6) is 0 Å². The Hall–Kier alpha value is -3.15. The lowest BCUT2D eigenvalue weighted by Gasteiger charge is -2.26. The van der Waals surface area contributed by atoms with Crippen molar-refractivity contribution in [3.8, 4) is 0 Å². The molecule has 0 bridgehead atoms. The quantitative estimate of drug-likeness (QED) is 0.870. The molecule has 1 heterocycles. The van der Waals surface area contributed by atoms with E-state index >= 15 is 0 Å². The Morgan fingerprint density at radius 2 is 1.74 bits per heavy atom. The van der Waals surface area contributed by atoms with E-state index in [1.807, 2.05) is 6.07 Å². The summed E-state index contributed by atoms with van der Waals surface area (Å²) < 4.78 is 0. The summed E-state index contributed by atoms with van der Waals surface area (Å²) in [5.41, 5.74) is 2.59. The van der Waals surface area contributed by atoms with Crippen LogP contribution in [0.15, 0.2) is 42.5 Å². The fourth-order valence-corrected chi connectivity index (χ4v) is 3.09. The number of hydrogen-bond donors (Lipinski definition) is 2. The fourth-order valence-electron chi connectivity index (χ4n) is 3.09. The molecule has 0 atom stereocenters. The molecule has 2 N–H and O–H groups in total. The molecule has 1 aliphatic heterocycles. The van der Waals surface area contributed by atoms with Gasteiger partial charge in [0.1, 0.15) is 0 Å². The van der Waals surface area contributed by atoms with Crippen LogP contribution in [0, 0.1) is 0 Å². The van der Waals surface area contributed by atoms with E-state index in [0.29, 0.717) is 29.7 Å². The van der Waals surface area contributed by atoms with Crippen LogP contribution in [0.25, 0.3) is 0 Å². The van der Waals surface area contributed by atoms with Gasteiger partial charge in [-0.05, 0) is 61.7 Å². The molecule has 2 aromatic rings. The predicted octanol–water partition coefficient (Wildman–Crippen LogP) is 3.21. The van der Waals surface area contributed by atoms with Gasteiger partial charge in [-0.3, -0.25) is 14.4 Å². The zero-order valence-electron chi connectivity index (χ0n) is 15.6. The van der Waals surface area contributed by atoms with Gasteiger partial charge in [-0.15, -0.1) is 0 Å². The summed E-state index contributed by atoms with van der Waals surface area (Å²) in [6.45, 7) is 3.27. The first-order valence-corrected chi connectivity index (χ1v) is 8.75. The maximum absolute atomic E-state index is 12.6. The van der Waals surface area contributed by atoms with Gasteiger partial charge in [-0.25, -0.2) is 0 Å². The molecule has 0 saturated heterocycles. The van der Waals surface area contributed by atoms with Crippen LogP contribution in [0.3, 0.4) is 0 Å². The highest BCUT2D eigenvalue weighted by Crippen LogP contribution is 2.28. The second-order valence-corrected chi connectivity index (χ2v) is 7.26. The van der Waals surface area contributed by atoms with Crippen LogP contribution in [0.1, 0.15) is 41.8 Å². The van der Waals surface area contributed by atoms with E-state index in [2.05, 4.69) is 5.32 Å². The minimum absolute atomic E-state index is 0.0732. The van der Waals surface area contributed by atoms with Crippen LogP contribution in [0.2, 0.25) is 0 Å². The number of amides is 2. The van der Waals surface area contributed by atoms with Crippen molar-refractivity contribution in [2.24, 2.45) is 0 Å². The van der Waals surface area contributed by atoms with E-state index in [-0.39, 0.29) is 11.8 Å². The first kappa shape index (κ1) is 18.6. The van der Waals surface area contributed by atoms with Gasteiger partial charge in [0.15, 0.2) is 0 Å². The van der Waals surface area contributed by atoms with Crippen molar-refractivity contribution in [2.45, 2.75) is 32.1 Å². The average Bonchev–Trinajstić information content (AvgIpc) is 2.64. The van der Waals surface area contributed by atoms with E-state index in [1.165, 1.54) is 0 Å². The van der Waals surface area contributed by atoms with E-state index in [4.69, 9.17) is 0 Å². The third kappa shape index (κ3) is 3.56. The highest BCUT2D eigenvalue weighted by atomic mass is 16.4. The number of hydrogen-bond acceptors (Lipinski definition) is 3. The molecule has 0 radical (unpaired) electrons. The zero-order valence-corrected chi connectivity index (χ0v) is 15.6. The first-order valence-electron chi connectivity index (χ1n) is 8.75. The second-order valence-electron chi connectivity index (χ2n) is 7.26. The van der Waals surface area contributed by atoms with Gasteiger partial charge in [-0.2, -0.15) is 0 Å². The average molecular weight is 366 g/mol. The van der Waals surface area contributed by atoms with E-state index in [1.54, 1.807) is 62.2 Å². The van der Waals surface area contributed by atoms with Crippen LogP contribution in [-0.4, -0.2) is 29.9 Å². The van der Waals surface area contributed by atoms with Crippen molar-refractivity contribution in [2.75, 3.05) is 17.3 Å². The molecule has 6 heteroatoms. The number of aryl methyl sites for hydroxylation is 1. The number of carboxylic acids is 1. The largest absolute Gasteiger partial charge is 0.481 e. The van der Waals surface area contributed by atoms with Crippen LogP contribution in [-0.2, 0) is 21.4 Å². The summed E-state index contributed by atoms with van der Waals surface area (Å²) in [6, 6.07) is 12.1. The molecule has 2 aromatic carbocycles. The van der Waals surface area contributed by atoms with Crippen molar-refractivity contribution < 1.29 is 19.5 Å². The maximum atomic E-state index is 12.6. The number of rotatable bonds is 4. The van der Waals surface area contributed by atoms with Crippen molar-refractivity contribution in [3.63, 3.8) is 0 Å². The number of aliphatic carboxylic acids is 1. The second kappa shape index (κ2) is 6.87. The van der Waals surface area contributed by atoms with Crippen LogP contribution in [0.4, 0.5) is 11.4 Å². The van der Waals surface area contributed by atoms with Gasteiger partial charge in [0.25, 0.3) is 5.91 Å². The van der Waals surface area contributed by atoms with Gasteiger partial charge >= 0.3 is 5.97 Å². The predicted molar refractivity (Wildman–Crippen MR) is 103 cm³/mol. The Balaban J connectivity index is 1.76. The number of nitrogens with zero attached hydrogens (tertiary/aromatic N) is 1. The molecule has 0 unspecified atom stereocenters. The molecule has 1 aliphatic rings. The summed E-state index contributed by atoms with van der Waals surface area (Å²) in [5.74, 6) is -1.08. The van der Waals surface area contributed by atoms with Crippen molar-refractivity contribution in [3.05, 3.63) is 59.2 Å². The third-order valence-electron chi connectivity index (χ3n) is 5.08. The van der Waals surface area contributed by atoms with Crippen molar-refractivity contribution in [1.82, 2.24) is 0 Å². The Bertz CT molecular complexity index is 916. The van der Waals surface area contributed by atoms with Gasteiger partial charge in [0.05, 0.1) is 5.41 Å². The number of nitrogens with one attached hydrogen (secondary N) is 1. The Morgan fingerprint density at radius 1 is 1.07 bits per heavy atom. The molecule has 0 fully saturated rings. The lowest BCUT2D eigenvalue weighted by atomic mass is 9.85. The van der Waals surface area contributed by atoms with Crippen molar-refractivity contribution >= 4 is 29.2 Å². The Labute approximate surface area is 157 Å². The molecular weight excluding hydrogens is 344 g/mol. The monoisotopic (exact) mass is 366 g/mol. The topological polar surface area (TPSA) is 86.7 Å². The highest BCUT2D eigenvalue weighted by molar-refractivity contribution is 6.05. The Morgan fingerprint density at radius 3 is 2.37 bits per heavy atom. The number of carboxylic acid groups (broad SMARTS) is 1. The molecule has 140 valence electrons. The first-order chi connectivity index (χ1) is 12.7. The standard InChI is InChI=1S/C21H22N2O4/c1-21(2,20(26)27)15-6-8-16(9-7-15)22-19(25)14-4-10-17-13(12-14)5-11-18(24)23(17)3/h4,6-10,12H,5,11H2,1-3H3,(H,22,25)(H,26,27).